The van der Waals surface area contributed by atoms with Gasteiger partial charge in [0.25, 0.3) is 0 Å². The van der Waals surface area contributed by atoms with E-state index >= 15 is 0 Å². The highest BCUT2D eigenvalue weighted by Gasteiger charge is 2.38. The number of Topliss-reactive ketones (excluding diaryl/α,β-unsaturated/α-hetero) is 1. The Hall–Kier alpha value is -0.410. The Kier molecular flexibility index (Phi) is 6.15. The van der Waals surface area contributed by atoms with Crippen molar-refractivity contribution in [2.75, 3.05) is 6.61 Å². The summed E-state index contributed by atoms with van der Waals surface area (Å²) in [6.45, 7) is 0.678. The van der Waals surface area contributed by atoms with Crippen LogP contribution in [-0.2, 0) is 14.6 Å². The quantitative estimate of drug-likeness (QED) is 0.617. The maximum absolute atomic E-state index is 11.6. The number of hydrogen-bond donors (Lipinski definition) is 0. The zero-order valence-corrected chi connectivity index (χ0v) is 11.4. The normalized spacial score (nSPS) is 32.8. The van der Waals surface area contributed by atoms with Crippen LogP contribution in [0.15, 0.2) is 0 Å². The maximum atomic E-state index is 11.6. The Morgan fingerprint density at radius 3 is 2.44 bits per heavy atom. The van der Waals surface area contributed by atoms with E-state index in [2.05, 4.69) is 0 Å². The topological polar surface area (TPSA) is 35.5 Å². The van der Waals surface area contributed by atoms with E-state index in [1.807, 2.05) is 0 Å². The Morgan fingerprint density at radius 1 is 0.889 bits per heavy atom. The summed E-state index contributed by atoms with van der Waals surface area (Å²) < 4.78 is 0. The molecule has 0 aromatic carbocycles. The molecule has 104 valence electrons. The zero-order chi connectivity index (χ0) is 12.6. The lowest BCUT2D eigenvalue weighted by Crippen LogP contribution is -2.02. The predicted molar refractivity (Wildman–Crippen MR) is 70.1 cm³/mol. The summed E-state index contributed by atoms with van der Waals surface area (Å²) in [5, 5.41) is 0. The highest BCUT2D eigenvalue weighted by molar-refractivity contribution is 5.78. The lowest BCUT2D eigenvalue weighted by atomic mass is 10.0. The second kappa shape index (κ2) is 7.90. The number of carbonyl (C=O) groups is 1. The third-order valence-corrected chi connectivity index (χ3v) is 4.01. The molecule has 0 spiro atoms. The summed E-state index contributed by atoms with van der Waals surface area (Å²) in [5.41, 5.74) is 0. The smallest absolute Gasteiger partial charge is 0.132 e. The third-order valence-electron chi connectivity index (χ3n) is 4.01. The van der Waals surface area contributed by atoms with Crippen molar-refractivity contribution in [3.63, 3.8) is 0 Å². The van der Waals surface area contributed by atoms with Crippen molar-refractivity contribution in [2.45, 2.75) is 76.7 Å². The van der Waals surface area contributed by atoms with Gasteiger partial charge in [-0.15, -0.1) is 0 Å². The third kappa shape index (κ3) is 5.49. The first-order valence-corrected chi connectivity index (χ1v) is 7.66. The molecule has 2 fully saturated rings. The Labute approximate surface area is 110 Å². The molecular formula is C15H26O3. The summed E-state index contributed by atoms with van der Waals surface area (Å²) in [4.78, 5) is 22.2. The summed E-state index contributed by atoms with van der Waals surface area (Å²) in [6.07, 6.45) is 12.3. The van der Waals surface area contributed by atoms with E-state index in [1.54, 1.807) is 0 Å². The van der Waals surface area contributed by atoms with Crippen molar-refractivity contribution in [2.24, 2.45) is 5.92 Å². The molecular weight excluding hydrogens is 228 g/mol. The molecule has 3 heteroatoms. The van der Waals surface area contributed by atoms with Crippen LogP contribution in [-0.4, -0.2) is 18.5 Å². The van der Waals surface area contributed by atoms with Gasteiger partial charge in [-0.25, -0.2) is 9.78 Å². The molecule has 1 aliphatic heterocycles. The zero-order valence-electron chi connectivity index (χ0n) is 11.4. The highest BCUT2D eigenvalue weighted by atomic mass is 17.2. The summed E-state index contributed by atoms with van der Waals surface area (Å²) >= 11 is 0. The minimum Gasteiger partial charge on any atom is -0.300 e. The van der Waals surface area contributed by atoms with Gasteiger partial charge in [-0.2, -0.15) is 0 Å². The minimum absolute atomic E-state index is 0.375. The fraction of sp³-hybridized carbons (Fsp3) is 0.933. The lowest BCUT2D eigenvalue weighted by molar-refractivity contribution is -0.306. The van der Waals surface area contributed by atoms with Crippen molar-refractivity contribution in [3.8, 4) is 0 Å². The molecule has 2 unspecified atom stereocenters. The van der Waals surface area contributed by atoms with E-state index in [1.165, 1.54) is 32.1 Å². The maximum Gasteiger partial charge on any atom is 0.132 e. The van der Waals surface area contributed by atoms with Gasteiger partial charge in [0.1, 0.15) is 5.78 Å². The minimum atomic E-state index is 0.375. The number of carbonyl (C=O) groups excluding carboxylic acids is 1. The molecule has 1 heterocycles. The SMILES string of the molecule is O=C1CCCCCCC2CC2OOCCCCC1. The Bertz CT molecular complexity index is 252. The summed E-state index contributed by atoms with van der Waals surface area (Å²) in [6, 6.07) is 0. The highest BCUT2D eigenvalue weighted by Crippen LogP contribution is 2.38. The number of ketones is 1. The summed E-state index contributed by atoms with van der Waals surface area (Å²) in [5.74, 6) is 1.18. The largest absolute Gasteiger partial charge is 0.300 e. The van der Waals surface area contributed by atoms with Gasteiger partial charge in [0.2, 0.25) is 0 Å². The van der Waals surface area contributed by atoms with Gasteiger partial charge in [-0.05, 0) is 38.0 Å². The van der Waals surface area contributed by atoms with E-state index in [9.17, 15) is 4.79 Å². The molecule has 2 rings (SSSR count). The van der Waals surface area contributed by atoms with Gasteiger partial charge in [0, 0.05) is 12.8 Å². The number of fused-ring (bicyclic) bond motifs is 1. The molecule has 1 saturated heterocycles. The average molecular weight is 254 g/mol. The molecule has 0 N–H and O–H groups in total. The van der Waals surface area contributed by atoms with Gasteiger partial charge in [-0.3, -0.25) is 4.79 Å². The van der Waals surface area contributed by atoms with Crippen molar-refractivity contribution in [1.29, 1.82) is 0 Å². The first kappa shape index (κ1) is 14.0. The van der Waals surface area contributed by atoms with Crippen LogP contribution < -0.4 is 0 Å². The van der Waals surface area contributed by atoms with E-state index in [-0.39, 0.29) is 0 Å². The molecule has 18 heavy (non-hydrogen) atoms. The molecule has 3 nitrogen and oxygen atoms in total. The van der Waals surface area contributed by atoms with Crippen LogP contribution in [0.3, 0.4) is 0 Å². The van der Waals surface area contributed by atoms with Gasteiger partial charge in [-0.1, -0.05) is 25.7 Å². The van der Waals surface area contributed by atoms with Crippen LogP contribution in [0.4, 0.5) is 0 Å². The molecule has 0 aromatic rings. The van der Waals surface area contributed by atoms with Crippen molar-refractivity contribution >= 4 is 5.78 Å². The van der Waals surface area contributed by atoms with E-state index in [0.29, 0.717) is 18.5 Å². The molecule has 0 amide bonds. The first-order valence-electron chi connectivity index (χ1n) is 7.66. The Morgan fingerprint density at radius 2 is 1.61 bits per heavy atom. The van der Waals surface area contributed by atoms with Crippen LogP contribution in [0.5, 0.6) is 0 Å². The molecule has 0 aromatic heterocycles. The van der Waals surface area contributed by atoms with Crippen LogP contribution in [0.1, 0.15) is 70.6 Å². The van der Waals surface area contributed by atoms with Gasteiger partial charge < -0.3 is 0 Å². The van der Waals surface area contributed by atoms with Gasteiger partial charge in [0.15, 0.2) is 0 Å². The van der Waals surface area contributed by atoms with E-state index < -0.39 is 0 Å². The van der Waals surface area contributed by atoms with Crippen molar-refractivity contribution in [3.05, 3.63) is 0 Å². The van der Waals surface area contributed by atoms with Gasteiger partial charge in [0.05, 0.1) is 12.7 Å². The molecule has 2 atom stereocenters. The second-order valence-corrected chi connectivity index (χ2v) is 5.75. The number of hydrogen-bond acceptors (Lipinski definition) is 3. The molecule has 1 aliphatic carbocycles. The molecule has 0 radical (unpaired) electrons. The fourth-order valence-corrected chi connectivity index (χ4v) is 2.64. The molecule has 0 bridgehead atoms. The first-order chi connectivity index (χ1) is 8.86. The van der Waals surface area contributed by atoms with Crippen molar-refractivity contribution in [1.82, 2.24) is 0 Å². The van der Waals surface area contributed by atoms with Crippen LogP contribution in [0.2, 0.25) is 0 Å². The average Bonchev–Trinajstić information content (AvgIpc) is 3.10. The second-order valence-electron chi connectivity index (χ2n) is 5.75. The van der Waals surface area contributed by atoms with E-state index in [4.69, 9.17) is 9.78 Å². The lowest BCUT2D eigenvalue weighted by Gasteiger charge is -2.06. The molecule has 2 aliphatic rings. The summed E-state index contributed by atoms with van der Waals surface area (Å²) in [7, 11) is 0. The monoisotopic (exact) mass is 254 g/mol. The van der Waals surface area contributed by atoms with E-state index in [0.717, 1.165) is 44.4 Å². The van der Waals surface area contributed by atoms with Crippen molar-refractivity contribution < 1.29 is 14.6 Å². The predicted octanol–water partition coefficient (Wildman–Crippen LogP) is 3.81. The molecule has 1 saturated carbocycles. The standard InChI is InChI=1S/C15H26O3/c16-14-9-5-2-1-4-8-13-12-15(13)18-17-11-7-3-6-10-14/h13,15H,1-12H2. The fourth-order valence-electron chi connectivity index (χ4n) is 2.64. The number of rotatable bonds is 0. The van der Waals surface area contributed by atoms with Crippen LogP contribution >= 0.6 is 0 Å². The Balaban J connectivity index is 1.64. The van der Waals surface area contributed by atoms with Gasteiger partial charge >= 0.3 is 0 Å². The van der Waals surface area contributed by atoms with Crippen LogP contribution in [0, 0.1) is 5.92 Å². The van der Waals surface area contributed by atoms with Crippen LogP contribution in [0.25, 0.3) is 0 Å².